The normalized spacial score (nSPS) is 11.5. The van der Waals surface area contributed by atoms with Crippen molar-refractivity contribution in [2.75, 3.05) is 6.54 Å². The van der Waals surface area contributed by atoms with Crippen LogP contribution in [0.2, 0.25) is 0 Å². The Morgan fingerprint density at radius 2 is 1.74 bits per heavy atom. The number of nitrogens with one attached hydrogen (secondary N) is 1. The molecule has 3 nitrogen and oxygen atoms in total. The number of amides is 1. The molecular formula is C28H36N2O. The maximum absolute atomic E-state index is 10.4. The van der Waals surface area contributed by atoms with Crippen LogP contribution in [0.5, 0.6) is 0 Å². The maximum Gasteiger partial charge on any atom is 0.207 e. The van der Waals surface area contributed by atoms with Gasteiger partial charge in [0.1, 0.15) is 0 Å². The average molecular weight is 417 g/mol. The summed E-state index contributed by atoms with van der Waals surface area (Å²) in [4.78, 5) is 10.4. The van der Waals surface area contributed by atoms with Crippen LogP contribution in [-0.2, 0) is 24.1 Å². The highest BCUT2D eigenvalue weighted by atomic mass is 16.1. The van der Waals surface area contributed by atoms with E-state index in [9.17, 15) is 4.79 Å². The molecule has 0 aliphatic carbocycles. The maximum atomic E-state index is 10.4. The molecule has 2 aromatic rings. The van der Waals surface area contributed by atoms with Crippen molar-refractivity contribution in [1.82, 2.24) is 5.32 Å². The molecule has 0 bridgehead atoms. The predicted molar refractivity (Wildman–Crippen MR) is 130 cm³/mol. The molecule has 0 aromatic heterocycles. The van der Waals surface area contributed by atoms with E-state index in [0.29, 0.717) is 11.5 Å². The number of nitriles is 1. The molecule has 0 saturated heterocycles. The number of nitrogens with zero attached hydrogens (tertiary/aromatic N) is 1. The van der Waals surface area contributed by atoms with Gasteiger partial charge in [-0.25, -0.2) is 0 Å². The molecule has 31 heavy (non-hydrogen) atoms. The zero-order valence-electron chi connectivity index (χ0n) is 19.1. The van der Waals surface area contributed by atoms with E-state index in [0.717, 1.165) is 57.1 Å². The molecule has 0 aliphatic rings. The molecule has 1 unspecified atom stereocenters. The second kappa shape index (κ2) is 13.4. The third-order valence-corrected chi connectivity index (χ3v) is 6.04. The first-order valence-electron chi connectivity index (χ1n) is 11.5. The van der Waals surface area contributed by atoms with E-state index in [1.54, 1.807) is 0 Å². The predicted octanol–water partition coefficient (Wildman–Crippen LogP) is 6.25. The molecule has 1 atom stereocenters. The van der Waals surface area contributed by atoms with E-state index < -0.39 is 0 Å². The van der Waals surface area contributed by atoms with Crippen LogP contribution in [0.15, 0.2) is 49.0 Å². The number of carbonyl (C=O) groups excluding carboxylic acids is 1. The molecule has 164 valence electrons. The lowest BCUT2D eigenvalue weighted by molar-refractivity contribution is -0.109. The minimum atomic E-state index is 0.651. The first kappa shape index (κ1) is 24.4. The zero-order valence-corrected chi connectivity index (χ0v) is 19.1. The molecule has 2 aromatic carbocycles. The van der Waals surface area contributed by atoms with Gasteiger partial charge < -0.3 is 5.32 Å². The molecule has 0 saturated carbocycles. The van der Waals surface area contributed by atoms with Crippen molar-refractivity contribution in [3.8, 4) is 6.07 Å². The Morgan fingerprint density at radius 1 is 1.06 bits per heavy atom. The summed E-state index contributed by atoms with van der Waals surface area (Å²) in [5.41, 5.74) is 7.23. The van der Waals surface area contributed by atoms with Crippen LogP contribution in [0.4, 0.5) is 0 Å². The van der Waals surface area contributed by atoms with Gasteiger partial charge in [-0.15, -0.1) is 0 Å². The first-order chi connectivity index (χ1) is 15.1. The van der Waals surface area contributed by atoms with Gasteiger partial charge in [0.05, 0.1) is 11.6 Å². The average Bonchev–Trinajstić information content (AvgIpc) is 2.80. The standard InChI is InChI=1S/C28H36N2O/c1-4-27-19-25(16-17-28(27)22(2)3)13-10-23(7-5-6-18-30-21-31)8-9-24-11-14-26(20-29)15-12-24/h11-12,14-17,19,21,23H,2,4-10,13,18H2,1,3H3,(H,30,31). The molecule has 0 radical (unpaired) electrons. The molecule has 1 N–H and O–H groups in total. The number of hydrogen-bond donors (Lipinski definition) is 1. The number of aryl methyl sites for hydroxylation is 3. The van der Waals surface area contributed by atoms with Crippen LogP contribution in [-0.4, -0.2) is 13.0 Å². The molecule has 0 fully saturated rings. The van der Waals surface area contributed by atoms with E-state index in [4.69, 9.17) is 5.26 Å². The lowest BCUT2D eigenvalue weighted by atomic mass is 9.88. The van der Waals surface area contributed by atoms with Crippen molar-refractivity contribution >= 4 is 12.0 Å². The van der Waals surface area contributed by atoms with Crippen molar-refractivity contribution in [2.24, 2.45) is 5.92 Å². The minimum Gasteiger partial charge on any atom is -0.359 e. The second-order valence-corrected chi connectivity index (χ2v) is 8.45. The molecular weight excluding hydrogens is 380 g/mol. The van der Waals surface area contributed by atoms with Gasteiger partial charge in [0.15, 0.2) is 0 Å². The van der Waals surface area contributed by atoms with Gasteiger partial charge in [-0.05, 0) is 85.8 Å². The van der Waals surface area contributed by atoms with E-state index in [2.05, 4.69) is 62.1 Å². The van der Waals surface area contributed by atoms with Gasteiger partial charge in [0.2, 0.25) is 6.41 Å². The number of carbonyl (C=O) groups is 1. The Hall–Kier alpha value is -2.86. The third-order valence-electron chi connectivity index (χ3n) is 6.04. The molecule has 1 amide bonds. The number of rotatable bonds is 14. The van der Waals surface area contributed by atoms with Crippen molar-refractivity contribution in [2.45, 2.75) is 65.2 Å². The van der Waals surface area contributed by atoms with Gasteiger partial charge in [0.25, 0.3) is 0 Å². The van der Waals surface area contributed by atoms with Crippen LogP contribution in [0.3, 0.4) is 0 Å². The Balaban J connectivity index is 1.97. The fourth-order valence-corrected chi connectivity index (χ4v) is 4.15. The Kier molecular flexibility index (Phi) is 10.6. The van der Waals surface area contributed by atoms with Gasteiger partial charge in [-0.1, -0.05) is 62.2 Å². The van der Waals surface area contributed by atoms with Crippen LogP contribution in [0.25, 0.3) is 5.57 Å². The summed E-state index contributed by atoms with van der Waals surface area (Å²) in [6.07, 6.45) is 9.61. The Labute approximate surface area is 188 Å². The van der Waals surface area contributed by atoms with Gasteiger partial charge in [-0.2, -0.15) is 5.26 Å². The smallest absolute Gasteiger partial charge is 0.207 e. The Morgan fingerprint density at radius 3 is 2.35 bits per heavy atom. The SMILES string of the molecule is C=C(C)c1ccc(CCC(CCCCNC=O)CCc2ccc(C#N)cc2)cc1CC. The van der Waals surface area contributed by atoms with E-state index in [-0.39, 0.29) is 0 Å². The summed E-state index contributed by atoms with van der Waals surface area (Å²) in [5.74, 6) is 0.651. The second-order valence-electron chi connectivity index (χ2n) is 8.45. The number of unbranched alkanes of at least 4 members (excludes halogenated alkanes) is 1. The van der Waals surface area contributed by atoms with Crippen LogP contribution >= 0.6 is 0 Å². The van der Waals surface area contributed by atoms with Gasteiger partial charge in [-0.3, -0.25) is 4.79 Å². The number of allylic oxidation sites excluding steroid dienone is 1. The molecule has 2 rings (SSSR count). The monoisotopic (exact) mass is 416 g/mol. The van der Waals surface area contributed by atoms with Crippen molar-refractivity contribution in [3.05, 3.63) is 76.9 Å². The highest BCUT2D eigenvalue weighted by molar-refractivity contribution is 5.65. The first-order valence-corrected chi connectivity index (χ1v) is 11.5. The third kappa shape index (κ3) is 8.42. The van der Waals surface area contributed by atoms with E-state index >= 15 is 0 Å². The van der Waals surface area contributed by atoms with Gasteiger partial charge in [0, 0.05) is 6.54 Å². The summed E-state index contributed by atoms with van der Waals surface area (Å²) in [7, 11) is 0. The summed E-state index contributed by atoms with van der Waals surface area (Å²) in [6.45, 7) is 9.15. The summed E-state index contributed by atoms with van der Waals surface area (Å²) >= 11 is 0. The Bertz CT molecular complexity index is 877. The molecule has 0 heterocycles. The van der Waals surface area contributed by atoms with Gasteiger partial charge >= 0.3 is 0 Å². The van der Waals surface area contributed by atoms with E-state index in [1.807, 2.05) is 12.1 Å². The summed E-state index contributed by atoms with van der Waals surface area (Å²) < 4.78 is 0. The fraction of sp³-hybridized carbons (Fsp3) is 0.429. The number of benzene rings is 2. The van der Waals surface area contributed by atoms with E-state index in [1.165, 1.54) is 35.1 Å². The molecule has 0 aliphatic heterocycles. The van der Waals surface area contributed by atoms with Crippen LogP contribution in [0, 0.1) is 17.2 Å². The number of hydrogen-bond acceptors (Lipinski definition) is 2. The minimum absolute atomic E-state index is 0.651. The summed E-state index contributed by atoms with van der Waals surface area (Å²) in [6, 6.07) is 17.0. The molecule has 3 heteroatoms. The van der Waals surface area contributed by atoms with Crippen LogP contribution in [0.1, 0.15) is 73.8 Å². The lowest BCUT2D eigenvalue weighted by Gasteiger charge is -2.18. The quantitative estimate of drug-likeness (QED) is 0.292. The summed E-state index contributed by atoms with van der Waals surface area (Å²) in [5, 5.41) is 11.7. The van der Waals surface area contributed by atoms with Crippen LogP contribution < -0.4 is 5.32 Å². The zero-order chi connectivity index (χ0) is 22.5. The largest absolute Gasteiger partial charge is 0.359 e. The highest BCUT2D eigenvalue weighted by Gasteiger charge is 2.11. The topological polar surface area (TPSA) is 52.9 Å². The fourth-order valence-electron chi connectivity index (χ4n) is 4.15. The van der Waals surface area contributed by atoms with Crippen molar-refractivity contribution in [1.29, 1.82) is 5.26 Å². The van der Waals surface area contributed by atoms with Crippen molar-refractivity contribution in [3.63, 3.8) is 0 Å². The molecule has 0 spiro atoms. The lowest BCUT2D eigenvalue weighted by Crippen LogP contribution is -2.12. The van der Waals surface area contributed by atoms with Crippen molar-refractivity contribution < 1.29 is 4.79 Å². The highest BCUT2D eigenvalue weighted by Crippen LogP contribution is 2.25.